The van der Waals surface area contributed by atoms with Crippen molar-refractivity contribution in [3.8, 4) is 0 Å². The number of aromatic nitrogens is 1. The largest absolute Gasteiger partial charge is 0.389 e. The Morgan fingerprint density at radius 2 is 1.94 bits per heavy atom. The molecule has 0 fully saturated rings. The smallest absolute Gasteiger partial charge is 0.364 e. The Morgan fingerprint density at radius 3 is 2.56 bits per heavy atom. The topological polar surface area (TPSA) is 58.9 Å². The van der Waals surface area contributed by atoms with Crippen LogP contribution in [0.2, 0.25) is 0 Å². The third kappa shape index (κ3) is 2.47. The van der Waals surface area contributed by atoms with E-state index in [1.807, 2.05) is 0 Å². The van der Waals surface area contributed by atoms with E-state index in [0.717, 1.165) is 0 Å². The normalized spacial score (nSPS) is 11.9. The van der Waals surface area contributed by atoms with Crippen LogP contribution in [0.3, 0.4) is 0 Å². The van der Waals surface area contributed by atoms with Crippen LogP contribution in [0.25, 0.3) is 10.9 Å². The first kappa shape index (κ1) is 12.5. The molecule has 0 radical (unpaired) electrons. The average Bonchev–Trinajstić information content (AvgIpc) is 2.64. The van der Waals surface area contributed by atoms with E-state index in [-0.39, 0.29) is 12.1 Å². The summed E-state index contributed by atoms with van der Waals surface area (Å²) in [5.74, 6) is -0.747. The molecule has 3 N–H and O–H groups in total. The summed E-state index contributed by atoms with van der Waals surface area (Å²) in [6, 6.07) is 6.80. The third-order valence-electron chi connectivity index (χ3n) is 2.72. The number of halogens is 3. The van der Waals surface area contributed by atoms with Gasteiger partial charge in [-0.05, 0) is 18.1 Å². The number of rotatable bonds is 3. The Labute approximate surface area is 101 Å². The van der Waals surface area contributed by atoms with Crippen LogP contribution >= 0.6 is 0 Å². The van der Waals surface area contributed by atoms with Gasteiger partial charge in [0, 0.05) is 17.3 Å². The van der Waals surface area contributed by atoms with Gasteiger partial charge >= 0.3 is 6.18 Å². The Balaban J connectivity index is 2.45. The van der Waals surface area contributed by atoms with Crippen LogP contribution in [0.15, 0.2) is 24.3 Å². The number of primary amides is 1. The number of alkyl halides is 3. The van der Waals surface area contributed by atoms with Gasteiger partial charge in [0.15, 0.2) is 0 Å². The van der Waals surface area contributed by atoms with Gasteiger partial charge in [-0.2, -0.15) is 13.2 Å². The maximum absolute atomic E-state index is 12.3. The molecule has 6 heteroatoms. The number of fused-ring (bicyclic) bond motifs is 1. The fraction of sp³-hybridized carbons (Fsp3) is 0.250. The minimum atomic E-state index is -4.26. The molecule has 3 nitrogen and oxygen atoms in total. The first-order valence-electron chi connectivity index (χ1n) is 5.34. The predicted octanol–water partition coefficient (Wildman–Crippen LogP) is 2.76. The van der Waals surface area contributed by atoms with Crippen molar-refractivity contribution in [3.05, 3.63) is 35.5 Å². The van der Waals surface area contributed by atoms with Gasteiger partial charge in [-0.15, -0.1) is 0 Å². The Hall–Kier alpha value is -1.98. The third-order valence-corrected chi connectivity index (χ3v) is 2.72. The number of hydrogen-bond acceptors (Lipinski definition) is 1. The number of nitrogens with two attached hydrogens (primary N) is 1. The van der Waals surface area contributed by atoms with Crippen LogP contribution in [0, 0.1) is 0 Å². The summed E-state index contributed by atoms with van der Waals surface area (Å²) in [6.07, 6.45) is -5.49. The summed E-state index contributed by atoms with van der Waals surface area (Å²) < 4.78 is 36.8. The molecule has 1 aromatic carbocycles. The molecule has 18 heavy (non-hydrogen) atoms. The van der Waals surface area contributed by atoms with E-state index in [1.54, 1.807) is 24.3 Å². The second-order valence-electron chi connectivity index (χ2n) is 4.00. The highest BCUT2D eigenvalue weighted by Gasteiger charge is 2.28. The Bertz CT molecular complexity index is 587. The van der Waals surface area contributed by atoms with Gasteiger partial charge in [0.2, 0.25) is 0 Å². The molecule has 0 unspecified atom stereocenters. The lowest BCUT2D eigenvalue weighted by Gasteiger charge is -2.06. The molecule has 0 bridgehead atoms. The maximum atomic E-state index is 12.3. The van der Waals surface area contributed by atoms with Gasteiger partial charge < -0.3 is 10.7 Å². The van der Waals surface area contributed by atoms with E-state index >= 15 is 0 Å². The molecule has 96 valence electrons. The lowest BCUT2D eigenvalue weighted by Crippen LogP contribution is -2.15. The second kappa shape index (κ2) is 4.36. The van der Waals surface area contributed by atoms with Crippen LogP contribution in [0.5, 0.6) is 0 Å². The monoisotopic (exact) mass is 256 g/mol. The van der Waals surface area contributed by atoms with Crippen molar-refractivity contribution in [1.29, 1.82) is 0 Å². The van der Waals surface area contributed by atoms with Gasteiger partial charge in [-0.1, -0.05) is 18.2 Å². The highest BCUT2D eigenvalue weighted by molar-refractivity contribution is 6.00. The molecule has 2 rings (SSSR count). The average molecular weight is 256 g/mol. The van der Waals surface area contributed by atoms with Crippen LogP contribution < -0.4 is 5.73 Å². The van der Waals surface area contributed by atoms with E-state index in [2.05, 4.69) is 4.98 Å². The van der Waals surface area contributed by atoms with Crippen molar-refractivity contribution in [2.24, 2.45) is 5.73 Å². The van der Waals surface area contributed by atoms with Gasteiger partial charge in [0.1, 0.15) is 5.69 Å². The summed E-state index contributed by atoms with van der Waals surface area (Å²) in [5, 5.41) is 0.607. The number of aromatic amines is 1. The SMILES string of the molecule is NC(=O)c1[nH]c2ccccc2c1CCC(F)(F)F. The van der Waals surface area contributed by atoms with Crippen LogP contribution in [-0.4, -0.2) is 17.1 Å². The van der Waals surface area contributed by atoms with Crippen LogP contribution in [-0.2, 0) is 6.42 Å². The quantitative estimate of drug-likeness (QED) is 0.871. The van der Waals surface area contributed by atoms with Crippen LogP contribution in [0.4, 0.5) is 13.2 Å². The molecular weight excluding hydrogens is 245 g/mol. The standard InChI is InChI=1S/C12H11F3N2O/c13-12(14,15)6-5-8-7-3-1-2-4-9(7)17-10(8)11(16)18/h1-4,17H,5-6H2,(H2,16,18). The first-order chi connectivity index (χ1) is 8.38. The minimum absolute atomic E-state index is 0.0560. The number of H-pyrrole nitrogens is 1. The van der Waals surface area contributed by atoms with Crippen molar-refractivity contribution < 1.29 is 18.0 Å². The Kier molecular flexibility index (Phi) is 3.02. The Morgan fingerprint density at radius 1 is 1.28 bits per heavy atom. The summed E-state index contributed by atoms with van der Waals surface area (Å²) >= 11 is 0. The van der Waals surface area contributed by atoms with Gasteiger partial charge in [0.25, 0.3) is 5.91 Å². The van der Waals surface area contributed by atoms with Gasteiger partial charge in [-0.3, -0.25) is 4.79 Å². The molecule has 0 aliphatic carbocycles. The van der Waals surface area contributed by atoms with E-state index in [9.17, 15) is 18.0 Å². The van der Waals surface area contributed by atoms with Crippen molar-refractivity contribution >= 4 is 16.8 Å². The number of nitrogens with one attached hydrogen (secondary N) is 1. The minimum Gasteiger partial charge on any atom is -0.364 e. The van der Waals surface area contributed by atoms with Gasteiger partial charge in [-0.25, -0.2) is 0 Å². The van der Waals surface area contributed by atoms with Crippen molar-refractivity contribution in [2.75, 3.05) is 0 Å². The molecule has 0 atom stereocenters. The molecule has 1 amide bonds. The lowest BCUT2D eigenvalue weighted by molar-refractivity contribution is -0.133. The maximum Gasteiger partial charge on any atom is 0.389 e. The predicted molar refractivity (Wildman–Crippen MR) is 61.2 cm³/mol. The number of aryl methyl sites for hydroxylation is 1. The zero-order valence-corrected chi connectivity index (χ0v) is 9.34. The summed E-state index contributed by atoms with van der Waals surface area (Å²) in [6.45, 7) is 0. The van der Waals surface area contributed by atoms with Crippen molar-refractivity contribution in [3.63, 3.8) is 0 Å². The zero-order chi connectivity index (χ0) is 13.3. The van der Waals surface area contributed by atoms with E-state index in [1.165, 1.54) is 0 Å². The number of para-hydroxylation sites is 1. The number of carbonyl (C=O) groups excluding carboxylic acids is 1. The molecule has 0 aliphatic rings. The summed E-state index contributed by atoms with van der Waals surface area (Å²) in [4.78, 5) is 14.0. The number of benzene rings is 1. The number of carbonyl (C=O) groups is 1. The highest BCUT2D eigenvalue weighted by atomic mass is 19.4. The number of hydrogen-bond donors (Lipinski definition) is 2. The fourth-order valence-electron chi connectivity index (χ4n) is 1.94. The first-order valence-corrected chi connectivity index (χ1v) is 5.34. The molecule has 1 heterocycles. The summed E-state index contributed by atoms with van der Waals surface area (Å²) in [5.41, 5.74) is 6.17. The molecule has 0 spiro atoms. The lowest BCUT2D eigenvalue weighted by atomic mass is 10.0. The number of amides is 1. The summed E-state index contributed by atoms with van der Waals surface area (Å²) in [7, 11) is 0. The van der Waals surface area contributed by atoms with Gasteiger partial charge in [0.05, 0.1) is 0 Å². The molecule has 2 aromatic rings. The fourth-order valence-corrected chi connectivity index (χ4v) is 1.94. The molecule has 0 saturated heterocycles. The van der Waals surface area contributed by atoms with E-state index in [4.69, 9.17) is 5.73 Å². The molecule has 0 saturated carbocycles. The van der Waals surface area contributed by atoms with Crippen molar-refractivity contribution in [1.82, 2.24) is 4.98 Å². The highest BCUT2D eigenvalue weighted by Crippen LogP contribution is 2.28. The molecular formula is C12H11F3N2O. The molecule has 0 aliphatic heterocycles. The van der Waals surface area contributed by atoms with Crippen LogP contribution in [0.1, 0.15) is 22.5 Å². The van der Waals surface area contributed by atoms with E-state index in [0.29, 0.717) is 16.5 Å². The second-order valence-corrected chi connectivity index (χ2v) is 4.00. The van der Waals surface area contributed by atoms with E-state index < -0.39 is 18.5 Å². The van der Waals surface area contributed by atoms with Crippen molar-refractivity contribution in [2.45, 2.75) is 19.0 Å². The molecule has 1 aromatic heterocycles. The zero-order valence-electron chi connectivity index (χ0n) is 9.34.